The Hall–Kier alpha value is -2.77. The lowest BCUT2D eigenvalue weighted by Gasteiger charge is -2.15. The molecule has 2 fully saturated rings. The molecule has 2 saturated carbocycles. The Bertz CT molecular complexity index is 978. The minimum atomic E-state index is -1.33. The fraction of sp³-hybridized carbons (Fsp3) is 0.412. The average molecular weight is 345 g/mol. The highest BCUT2D eigenvalue weighted by molar-refractivity contribution is 5.92. The molecule has 0 spiro atoms. The van der Waals surface area contributed by atoms with Gasteiger partial charge in [-0.1, -0.05) is 5.16 Å². The van der Waals surface area contributed by atoms with Gasteiger partial charge in [-0.25, -0.2) is 14.2 Å². The summed E-state index contributed by atoms with van der Waals surface area (Å²) in [6, 6.07) is 1.18. The standard InChI is InChI=1S/C17H16FN3O4/c18-13-6-11-15(22)12(17(23)24)7-21(10-3-4-10)16(11)19-14(13)8-1-2-9(5-8)20-25/h6-8,10,25H,1-5H2,(H,23,24)/b20-9-. The SMILES string of the molecule is O=C(O)c1cn(C2CC2)c2nc(C3CC/C(=N/O)C3)c(F)cc2c1=O. The first-order chi connectivity index (χ1) is 12.0. The maximum atomic E-state index is 14.6. The zero-order chi connectivity index (χ0) is 17.7. The first kappa shape index (κ1) is 15.7. The van der Waals surface area contributed by atoms with Crippen LogP contribution in [0.5, 0.6) is 0 Å². The van der Waals surface area contributed by atoms with Crippen molar-refractivity contribution in [3.8, 4) is 0 Å². The van der Waals surface area contributed by atoms with E-state index in [1.807, 2.05) is 0 Å². The molecule has 1 unspecified atom stereocenters. The molecule has 25 heavy (non-hydrogen) atoms. The van der Waals surface area contributed by atoms with Gasteiger partial charge in [-0.15, -0.1) is 0 Å². The van der Waals surface area contributed by atoms with E-state index in [-0.39, 0.29) is 28.6 Å². The molecule has 0 bridgehead atoms. The number of oxime groups is 1. The van der Waals surface area contributed by atoms with Crippen molar-refractivity contribution in [3.63, 3.8) is 0 Å². The lowest BCUT2D eigenvalue weighted by Crippen LogP contribution is -2.20. The fourth-order valence-corrected chi connectivity index (χ4v) is 3.48. The van der Waals surface area contributed by atoms with Crippen molar-refractivity contribution in [1.29, 1.82) is 0 Å². The topological polar surface area (TPSA) is 105 Å². The maximum Gasteiger partial charge on any atom is 0.341 e. The van der Waals surface area contributed by atoms with Gasteiger partial charge in [-0.3, -0.25) is 4.79 Å². The molecule has 8 heteroatoms. The van der Waals surface area contributed by atoms with Crippen molar-refractivity contribution in [2.75, 3.05) is 0 Å². The van der Waals surface area contributed by atoms with E-state index in [4.69, 9.17) is 5.21 Å². The van der Waals surface area contributed by atoms with Gasteiger partial charge in [0.25, 0.3) is 0 Å². The molecule has 1 atom stereocenters. The molecule has 4 rings (SSSR count). The minimum Gasteiger partial charge on any atom is -0.477 e. The molecule has 2 aliphatic rings. The second kappa shape index (κ2) is 5.65. The molecule has 2 heterocycles. The van der Waals surface area contributed by atoms with Crippen LogP contribution in [0.1, 0.15) is 60.1 Å². The number of aromatic nitrogens is 2. The quantitative estimate of drug-likeness (QED) is 0.657. The number of pyridine rings is 2. The van der Waals surface area contributed by atoms with Crippen LogP contribution in [0.25, 0.3) is 11.0 Å². The van der Waals surface area contributed by atoms with Gasteiger partial charge >= 0.3 is 5.97 Å². The molecular formula is C17H16FN3O4. The molecule has 0 radical (unpaired) electrons. The van der Waals surface area contributed by atoms with E-state index in [9.17, 15) is 19.1 Å². The Labute approximate surface area is 141 Å². The first-order valence-corrected chi connectivity index (χ1v) is 8.18. The van der Waals surface area contributed by atoms with Gasteiger partial charge in [-0.2, -0.15) is 0 Å². The fourth-order valence-electron chi connectivity index (χ4n) is 3.48. The van der Waals surface area contributed by atoms with Gasteiger partial charge in [0.1, 0.15) is 17.0 Å². The third-order valence-electron chi connectivity index (χ3n) is 4.95. The van der Waals surface area contributed by atoms with Crippen LogP contribution >= 0.6 is 0 Å². The van der Waals surface area contributed by atoms with Crippen LogP contribution < -0.4 is 5.43 Å². The third kappa shape index (κ3) is 2.57. The normalized spacial score (nSPS) is 22.0. The molecule has 0 saturated heterocycles. The van der Waals surface area contributed by atoms with Crippen LogP contribution in [-0.4, -0.2) is 31.5 Å². The highest BCUT2D eigenvalue weighted by Crippen LogP contribution is 2.38. The number of halogens is 1. The van der Waals surface area contributed by atoms with E-state index in [0.717, 1.165) is 18.9 Å². The van der Waals surface area contributed by atoms with Crippen LogP contribution in [0.2, 0.25) is 0 Å². The van der Waals surface area contributed by atoms with Crippen LogP contribution in [0, 0.1) is 5.82 Å². The largest absolute Gasteiger partial charge is 0.477 e. The van der Waals surface area contributed by atoms with Gasteiger partial charge in [0.2, 0.25) is 5.43 Å². The Balaban J connectivity index is 1.93. The highest BCUT2D eigenvalue weighted by Gasteiger charge is 2.31. The number of nitrogens with zero attached hydrogens (tertiary/aromatic N) is 3. The Morgan fingerprint density at radius 2 is 2.12 bits per heavy atom. The lowest BCUT2D eigenvalue weighted by atomic mass is 10.0. The predicted octanol–water partition coefficient (Wildman–Crippen LogP) is 2.67. The van der Waals surface area contributed by atoms with Crippen LogP contribution in [0.15, 0.2) is 22.2 Å². The van der Waals surface area contributed by atoms with Gasteiger partial charge in [0.15, 0.2) is 0 Å². The van der Waals surface area contributed by atoms with Gasteiger partial charge in [0, 0.05) is 18.2 Å². The summed E-state index contributed by atoms with van der Waals surface area (Å²) in [5.41, 5.74) is 0.0729. The third-order valence-corrected chi connectivity index (χ3v) is 4.95. The van der Waals surface area contributed by atoms with Gasteiger partial charge in [0.05, 0.1) is 16.8 Å². The zero-order valence-electron chi connectivity index (χ0n) is 13.3. The Morgan fingerprint density at radius 1 is 1.36 bits per heavy atom. The van der Waals surface area contributed by atoms with E-state index < -0.39 is 17.2 Å². The summed E-state index contributed by atoms with van der Waals surface area (Å²) in [6.45, 7) is 0. The van der Waals surface area contributed by atoms with Crippen molar-refractivity contribution in [2.24, 2.45) is 5.16 Å². The predicted molar refractivity (Wildman–Crippen MR) is 87.0 cm³/mol. The average Bonchev–Trinajstić information content (AvgIpc) is 3.31. The molecule has 7 nitrogen and oxygen atoms in total. The number of carboxylic acid groups (broad SMARTS) is 1. The van der Waals surface area contributed by atoms with E-state index in [2.05, 4.69) is 10.1 Å². The van der Waals surface area contributed by atoms with Crippen molar-refractivity contribution in [1.82, 2.24) is 9.55 Å². The Morgan fingerprint density at radius 3 is 2.72 bits per heavy atom. The van der Waals surface area contributed by atoms with E-state index in [0.29, 0.717) is 30.6 Å². The molecule has 2 aromatic heterocycles. The summed E-state index contributed by atoms with van der Waals surface area (Å²) in [4.78, 5) is 28.1. The van der Waals surface area contributed by atoms with Crippen molar-refractivity contribution < 1.29 is 19.5 Å². The van der Waals surface area contributed by atoms with Gasteiger partial charge < -0.3 is 14.9 Å². The number of aromatic carboxylic acids is 1. The number of fused-ring (bicyclic) bond motifs is 1. The van der Waals surface area contributed by atoms with Crippen molar-refractivity contribution in [3.05, 3.63) is 39.6 Å². The number of hydrogen-bond acceptors (Lipinski definition) is 5. The van der Waals surface area contributed by atoms with Crippen LogP contribution in [0.3, 0.4) is 0 Å². The Kier molecular flexibility index (Phi) is 3.55. The molecular weight excluding hydrogens is 329 g/mol. The minimum absolute atomic E-state index is 0.0119. The van der Waals surface area contributed by atoms with E-state index >= 15 is 0 Å². The summed E-state index contributed by atoms with van der Waals surface area (Å²) in [5, 5.41) is 21.3. The summed E-state index contributed by atoms with van der Waals surface area (Å²) < 4.78 is 16.3. The highest BCUT2D eigenvalue weighted by atomic mass is 19.1. The first-order valence-electron chi connectivity index (χ1n) is 8.18. The molecule has 0 aliphatic heterocycles. The van der Waals surface area contributed by atoms with Gasteiger partial charge in [-0.05, 0) is 38.2 Å². The number of carbonyl (C=O) groups is 1. The summed E-state index contributed by atoms with van der Waals surface area (Å²) in [5.74, 6) is -2.17. The lowest BCUT2D eigenvalue weighted by molar-refractivity contribution is 0.0695. The maximum absolute atomic E-state index is 14.6. The summed E-state index contributed by atoms with van der Waals surface area (Å²) in [6.07, 6.45) is 4.68. The van der Waals surface area contributed by atoms with Crippen molar-refractivity contribution >= 4 is 22.7 Å². The monoisotopic (exact) mass is 345 g/mol. The number of carboxylic acids is 1. The summed E-state index contributed by atoms with van der Waals surface area (Å²) in [7, 11) is 0. The molecule has 130 valence electrons. The van der Waals surface area contributed by atoms with E-state index in [1.165, 1.54) is 6.20 Å². The second-order valence-corrected chi connectivity index (χ2v) is 6.65. The molecule has 2 aromatic rings. The van der Waals surface area contributed by atoms with Crippen molar-refractivity contribution in [2.45, 2.75) is 44.1 Å². The molecule has 2 N–H and O–H groups in total. The smallest absolute Gasteiger partial charge is 0.341 e. The number of rotatable bonds is 3. The van der Waals surface area contributed by atoms with Crippen LogP contribution in [-0.2, 0) is 0 Å². The summed E-state index contributed by atoms with van der Waals surface area (Å²) >= 11 is 0. The molecule has 0 aromatic carbocycles. The molecule has 0 amide bonds. The molecule has 2 aliphatic carbocycles. The van der Waals surface area contributed by atoms with E-state index in [1.54, 1.807) is 4.57 Å². The second-order valence-electron chi connectivity index (χ2n) is 6.65. The zero-order valence-corrected chi connectivity index (χ0v) is 13.3. The van der Waals surface area contributed by atoms with Crippen LogP contribution in [0.4, 0.5) is 4.39 Å². The number of hydrogen-bond donors (Lipinski definition) is 2.